The Kier molecular flexibility index (Phi) is 5.33. The van der Waals surface area contributed by atoms with Crippen LogP contribution in [-0.4, -0.2) is 19.2 Å². The van der Waals surface area contributed by atoms with Gasteiger partial charge in [0.1, 0.15) is 28.2 Å². The van der Waals surface area contributed by atoms with E-state index in [2.05, 4.69) is 11.1 Å². The lowest BCUT2D eigenvalue weighted by molar-refractivity contribution is 0.402. The average Bonchev–Trinajstić information content (AvgIpc) is 3.26. The molecule has 0 unspecified atom stereocenters. The lowest BCUT2D eigenvalue weighted by Gasteiger charge is -2.07. The number of methoxy groups -OCH3 is 2. The highest BCUT2D eigenvalue weighted by Gasteiger charge is 2.14. The topological polar surface area (TPSA) is 85.3 Å². The quantitative estimate of drug-likeness (QED) is 0.336. The summed E-state index contributed by atoms with van der Waals surface area (Å²) in [5.74, 6) is 1.25. The number of thiazole rings is 1. The molecule has 0 radical (unpaired) electrons. The van der Waals surface area contributed by atoms with E-state index in [0.29, 0.717) is 44.5 Å². The molecule has 2 aromatic carbocycles. The number of benzene rings is 2. The molecule has 0 atom stereocenters. The first-order valence-electron chi connectivity index (χ1n) is 8.96. The third-order valence-electron chi connectivity index (χ3n) is 4.51. The molecule has 30 heavy (non-hydrogen) atoms. The maximum Gasteiger partial charge on any atom is 0.345 e. The van der Waals surface area contributed by atoms with Crippen molar-refractivity contribution in [2.45, 2.75) is 0 Å². The summed E-state index contributed by atoms with van der Waals surface area (Å²) in [6.07, 6.45) is 1.69. The van der Waals surface area contributed by atoms with Crippen LogP contribution < -0.4 is 15.1 Å². The van der Waals surface area contributed by atoms with Crippen molar-refractivity contribution in [1.29, 1.82) is 5.26 Å². The summed E-state index contributed by atoms with van der Waals surface area (Å²) in [6, 6.07) is 16.5. The van der Waals surface area contributed by atoms with E-state index >= 15 is 0 Å². The largest absolute Gasteiger partial charge is 0.497 e. The predicted octanol–water partition coefficient (Wildman–Crippen LogP) is 5.00. The molecule has 2 aromatic heterocycles. The van der Waals surface area contributed by atoms with Crippen LogP contribution in [0.1, 0.15) is 10.6 Å². The van der Waals surface area contributed by atoms with Gasteiger partial charge in [0.05, 0.1) is 31.1 Å². The zero-order chi connectivity index (χ0) is 21.1. The van der Waals surface area contributed by atoms with E-state index in [1.807, 2.05) is 18.2 Å². The number of aromatic nitrogens is 1. The van der Waals surface area contributed by atoms with E-state index in [1.165, 1.54) is 11.3 Å². The molecule has 0 aliphatic heterocycles. The van der Waals surface area contributed by atoms with Crippen LogP contribution >= 0.6 is 11.3 Å². The number of hydrogen-bond acceptors (Lipinski definition) is 7. The van der Waals surface area contributed by atoms with Crippen LogP contribution in [-0.2, 0) is 0 Å². The molecule has 2 heterocycles. The van der Waals surface area contributed by atoms with Crippen molar-refractivity contribution in [1.82, 2.24) is 4.98 Å². The molecule has 0 spiro atoms. The Morgan fingerprint density at radius 1 is 1.17 bits per heavy atom. The van der Waals surface area contributed by atoms with Gasteiger partial charge in [-0.05, 0) is 36.4 Å². The van der Waals surface area contributed by atoms with Gasteiger partial charge in [-0.2, -0.15) is 5.26 Å². The smallest absolute Gasteiger partial charge is 0.345 e. The number of fused-ring (bicyclic) bond motifs is 1. The summed E-state index contributed by atoms with van der Waals surface area (Å²) in [6.45, 7) is 0. The SMILES string of the molecule is COc1ccc(OC)c(C=C(C#N)c2nc(-c3cc4ccccc4oc3=O)cs2)c1. The van der Waals surface area contributed by atoms with Crippen molar-refractivity contribution >= 4 is 34.0 Å². The molecule has 148 valence electrons. The molecular formula is C23H16N2O4S. The van der Waals surface area contributed by atoms with Gasteiger partial charge in [0.15, 0.2) is 0 Å². The van der Waals surface area contributed by atoms with E-state index in [1.54, 1.807) is 56.0 Å². The van der Waals surface area contributed by atoms with Crippen molar-refractivity contribution < 1.29 is 13.9 Å². The summed E-state index contributed by atoms with van der Waals surface area (Å²) < 4.78 is 16.0. The molecule has 4 rings (SSSR count). The lowest BCUT2D eigenvalue weighted by atomic mass is 10.1. The van der Waals surface area contributed by atoms with Gasteiger partial charge in [0.25, 0.3) is 0 Å². The first kappa shape index (κ1) is 19.4. The maximum absolute atomic E-state index is 12.4. The summed E-state index contributed by atoms with van der Waals surface area (Å²) in [7, 11) is 3.13. The van der Waals surface area contributed by atoms with Crippen LogP contribution in [0.3, 0.4) is 0 Å². The third-order valence-corrected chi connectivity index (χ3v) is 5.38. The molecule has 0 amide bonds. The molecule has 0 aliphatic carbocycles. The molecule has 0 N–H and O–H groups in total. The Morgan fingerprint density at radius 2 is 2.00 bits per heavy atom. The molecule has 4 aromatic rings. The minimum absolute atomic E-state index is 0.350. The summed E-state index contributed by atoms with van der Waals surface area (Å²) in [4.78, 5) is 16.9. The predicted molar refractivity (Wildman–Crippen MR) is 117 cm³/mol. The number of ether oxygens (including phenoxy) is 2. The standard InChI is InChI=1S/C23H16N2O4S/c1-27-17-7-8-20(28-2)15(10-17)9-16(12-24)22-25-19(13-30-22)18-11-14-5-3-4-6-21(14)29-23(18)26/h3-11,13H,1-2H3. The summed E-state index contributed by atoms with van der Waals surface area (Å²) in [5.41, 5.74) is 1.91. The van der Waals surface area contributed by atoms with Crippen molar-refractivity contribution in [3.63, 3.8) is 0 Å². The van der Waals surface area contributed by atoms with Gasteiger partial charge >= 0.3 is 5.63 Å². The lowest BCUT2D eigenvalue weighted by Crippen LogP contribution is -2.02. The molecule has 0 fully saturated rings. The number of rotatable bonds is 5. The van der Waals surface area contributed by atoms with E-state index < -0.39 is 5.63 Å². The fourth-order valence-electron chi connectivity index (χ4n) is 3.01. The van der Waals surface area contributed by atoms with Crippen LogP contribution in [0.5, 0.6) is 11.5 Å². The van der Waals surface area contributed by atoms with Gasteiger partial charge < -0.3 is 13.9 Å². The van der Waals surface area contributed by atoms with E-state index in [0.717, 1.165) is 5.39 Å². The van der Waals surface area contributed by atoms with Crippen LogP contribution in [0.15, 0.2) is 63.1 Å². The molecule has 6 nitrogen and oxygen atoms in total. The Hall–Kier alpha value is -3.89. The van der Waals surface area contributed by atoms with E-state index in [9.17, 15) is 10.1 Å². The molecule has 0 bridgehead atoms. The highest BCUT2D eigenvalue weighted by molar-refractivity contribution is 7.11. The first-order chi connectivity index (χ1) is 14.6. The Labute approximate surface area is 176 Å². The third kappa shape index (κ3) is 3.69. The van der Waals surface area contributed by atoms with Crippen molar-refractivity contribution in [2.24, 2.45) is 0 Å². The fourth-order valence-corrected chi connectivity index (χ4v) is 3.80. The van der Waals surface area contributed by atoms with E-state index in [4.69, 9.17) is 13.9 Å². The van der Waals surface area contributed by atoms with Crippen molar-refractivity contribution in [2.75, 3.05) is 14.2 Å². The number of allylic oxidation sites excluding steroid dienone is 1. The van der Waals surface area contributed by atoms with Gasteiger partial charge in [0.2, 0.25) is 0 Å². The molecule has 7 heteroatoms. The zero-order valence-electron chi connectivity index (χ0n) is 16.2. The van der Waals surface area contributed by atoms with Crippen LogP contribution in [0.2, 0.25) is 0 Å². The monoisotopic (exact) mass is 416 g/mol. The molecule has 0 aliphatic rings. The maximum atomic E-state index is 12.4. The minimum Gasteiger partial charge on any atom is -0.497 e. The Bertz CT molecular complexity index is 1360. The van der Waals surface area contributed by atoms with Gasteiger partial charge in [-0.15, -0.1) is 11.3 Å². The number of hydrogen-bond donors (Lipinski definition) is 0. The second-order valence-electron chi connectivity index (χ2n) is 6.30. The summed E-state index contributed by atoms with van der Waals surface area (Å²) >= 11 is 1.28. The zero-order valence-corrected chi connectivity index (χ0v) is 17.0. The number of nitrogens with zero attached hydrogens (tertiary/aromatic N) is 2. The number of nitriles is 1. The highest BCUT2D eigenvalue weighted by Crippen LogP contribution is 2.31. The van der Waals surface area contributed by atoms with Gasteiger partial charge in [-0.25, -0.2) is 9.78 Å². The first-order valence-corrected chi connectivity index (χ1v) is 9.84. The van der Waals surface area contributed by atoms with Crippen molar-refractivity contribution in [3.8, 4) is 28.8 Å². The second-order valence-corrected chi connectivity index (χ2v) is 7.16. The van der Waals surface area contributed by atoms with Crippen LogP contribution in [0.25, 0.3) is 33.9 Å². The molecule has 0 saturated heterocycles. The van der Waals surface area contributed by atoms with Gasteiger partial charge in [-0.1, -0.05) is 18.2 Å². The Balaban J connectivity index is 1.76. The second kappa shape index (κ2) is 8.23. The van der Waals surface area contributed by atoms with Gasteiger partial charge in [-0.3, -0.25) is 0 Å². The normalized spacial score (nSPS) is 11.3. The minimum atomic E-state index is -0.470. The Morgan fingerprint density at radius 3 is 2.77 bits per heavy atom. The van der Waals surface area contributed by atoms with E-state index in [-0.39, 0.29) is 0 Å². The molecule has 0 saturated carbocycles. The average molecular weight is 416 g/mol. The van der Waals surface area contributed by atoms with Crippen molar-refractivity contribution in [3.05, 3.63) is 74.9 Å². The van der Waals surface area contributed by atoms with Gasteiger partial charge in [0, 0.05) is 16.3 Å². The highest BCUT2D eigenvalue weighted by atomic mass is 32.1. The van der Waals surface area contributed by atoms with Crippen LogP contribution in [0.4, 0.5) is 0 Å². The molecular weight excluding hydrogens is 400 g/mol. The number of para-hydroxylation sites is 1. The summed E-state index contributed by atoms with van der Waals surface area (Å²) in [5, 5.41) is 12.7. The van der Waals surface area contributed by atoms with Crippen LogP contribution in [0, 0.1) is 11.3 Å². The fraction of sp³-hybridized carbons (Fsp3) is 0.0870.